The van der Waals surface area contributed by atoms with Crippen molar-refractivity contribution >= 4 is 34.6 Å². The van der Waals surface area contributed by atoms with Crippen LogP contribution in [-0.2, 0) is 6.61 Å². The summed E-state index contributed by atoms with van der Waals surface area (Å²) in [5, 5.41) is 11.7. The lowest BCUT2D eigenvalue weighted by atomic mass is 10.1. The van der Waals surface area contributed by atoms with Crippen LogP contribution in [0.2, 0.25) is 10.0 Å². The summed E-state index contributed by atoms with van der Waals surface area (Å²) in [6, 6.07) is 9.43. The summed E-state index contributed by atoms with van der Waals surface area (Å²) in [5.74, 6) is 5.85. The van der Waals surface area contributed by atoms with Crippen LogP contribution in [0.25, 0.3) is 0 Å². The second kappa shape index (κ2) is 6.62. The van der Waals surface area contributed by atoms with Crippen molar-refractivity contribution in [2.45, 2.75) is 6.61 Å². The molecule has 21 heavy (non-hydrogen) atoms. The first-order valence-electron chi connectivity index (χ1n) is 5.83. The number of ether oxygens (including phenoxy) is 1. The number of nitrogens with two attached hydrogens (primary N) is 1. The number of hydrazine groups is 1. The van der Waals surface area contributed by atoms with Crippen molar-refractivity contribution in [2.24, 2.45) is 5.84 Å². The smallest absolute Gasteiger partial charge is 0.294 e. The number of rotatable bonds is 5. The zero-order valence-corrected chi connectivity index (χ0v) is 12.2. The monoisotopic (exact) mass is 327 g/mol. The summed E-state index contributed by atoms with van der Waals surface area (Å²) in [6.45, 7) is 0.0964. The number of nitrogens with zero attached hydrogens (tertiary/aromatic N) is 1. The number of hydrogen-bond donors (Lipinski definition) is 2. The highest BCUT2D eigenvalue weighted by atomic mass is 35.5. The molecule has 0 unspecified atom stereocenters. The van der Waals surface area contributed by atoms with Crippen molar-refractivity contribution in [3.05, 3.63) is 62.1 Å². The zero-order valence-electron chi connectivity index (χ0n) is 10.7. The van der Waals surface area contributed by atoms with Gasteiger partial charge in [0.1, 0.15) is 18.0 Å². The number of benzene rings is 2. The fraction of sp³-hybridized carbons (Fsp3) is 0.0769. The van der Waals surface area contributed by atoms with E-state index in [0.717, 1.165) is 0 Å². The number of nitro groups is 1. The second-order valence-electron chi connectivity index (χ2n) is 4.08. The molecule has 0 fully saturated rings. The molecule has 0 bridgehead atoms. The van der Waals surface area contributed by atoms with E-state index in [-0.39, 0.29) is 18.0 Å². The normalized spacial score (nSPS) is 10.2. The van der Waals surface area contributed by atoms with Crippen LogP contribution in [0.3, 0.4) is 0 Å². The maximum Gasteiger partial charge on any atom is 0.294 e. The van der Waals surface area contributed by atoms with Gasteiger partial charge in [-0.3, -0.25) is 16.0 Å². The summed E-state index contributed by atoms with van der Waals surface area (Å²) >= 11 is 11.7. The van der Waals surface area contributed by atoms with Crippen molar-refractivity contribution < 1.29 is 9.66 Å². The molecule has 0 aliphatic heterocycles. The standard InChI is InChI=1S/C13H11Cl2N3O3/c14-10-5-4-9(6-11(10)15)21-7-8-2-1-3-12(18(19)20)13(8)17-16/h1-6,17H,7,16H2. The van der Waals surface area contributed by atoms with Gasteiger partial charge in [0, 0.05) is 17.7 Å². The van der Waals surface area contributed by atoms with Crippen LogP contribution in [0.4, 0.5) is 11.4 Å². The molecule has 0 spiro atoms. The third kappa shape index (κ3) is 3.55. The van der Waals surface area contributed by atoms with Crippen molar-refractivity contribution in [3.63, 3.8) is 0 Å². The Hall–Kier alpha value is -2.02. The Bertz CT molecular complexity index is 680. The first-order valence-corrected chi connectivity index (χ1v) is 6.59. The largest absolute Gasteiger partial charge is 0.489 e. The van der Waals surface area contributed by atoms with E-state index >= 15 is 0 Å². The molecule has 2 aromatic carbocycles. The highest BCUT2D eigenvalue weighted by molar-refractivity contribution is 6.42. The third-order valence-electron chi connectivity index (χ3n) is 2.76. The molecule has 0 heterocycles. The van der Waals surface area contributed by atoms with Gasteiger partial charge in [-0.2, -0.15) is 0 Å². The first kappa shape index (κ1) is 15.4. The predicted octanol–water partition coefficient (Wildman–Crippen LogP) is 3.77. The van der Waals surface area contributed by atoms with Gasteiger partial charge in [-0.05, 0) is 12.1 Å². The number of hydrogen-bond acceptors (Lipinski definition) is 5. The van der Waals surface area contributed by atoms with E-state index in [1.54, 1.807) is 30.3 Å². The van der Waals surface area contributed by atoms with Crippen LogP contribution < -0.4 is 16.0 Å². The molecule has 2 rings (SSSR count). The van der Waals surface area contributed by atoms with Crippen LogP contribution in [-0.4, -0.2) is 4.92 Å². The average molecular weight is 328 g/mol. The Morgan fingerprint density at radius 3 is 2.62 bits per heavy atom. The Labute approximate surface area is 130 Å². The Balaban J connectivity index is 2.21. The van der Waals surface area contributed by atoms with Gasteiger partial charge < -0.3 is 10.2 Å². The number of nitro benzene ring substituents is 1. The van der Waals surface area contributed by atoms with E-state index < -0.39 is 4.92 Å². The lowest BCUT2D eigenvalue weighted by Gasteiger charge is -2.11. The Kier molecular flexibility index (Phi) is 4.85. The lowest BCUT2D eigenvalue weighted by molar-refractivity contribution is -0.384. The molecular formula is C13H11Cl2N3O3. The average Bonchev–Trinajstić information content (AvgIpc) is 2.47. The molecule has 6 nitrogen and oxygen atoms in total. The zero-order chi connectivity index (χ0) is 15.4. The molecule has 0 radical (unpaired) electrons. The number of halogens is 2. The third-order valence-corrected chi connectivity index (χ3v) is 3.49. The highest BCUT2D eigenvalue weighted by Gasteiger charge is 2.16. The number of nitrogens with one attached hydrogen (secondary N) is 1. The topological polar surface area (TPSA) is 90.4 Å². The summed E-state index contributed by atoms with van der Waals surface area (Å²) in [4.78, 5) is 10.4. The van der Waals surface area contributed by atoms with Crippen molar-refractivity contribution in [3.8, 4) is 5.75 Å². The Morgan fingerprint density at radius 1 is 1.24 bits per heavy atom. The molecule has 8 heteroatoms. The molecule has 3 N–H and O–H groups in total. The quantitative estimate of drug-likeness (QED) is 0.495. The molecule has 0 aliphatic rings. The number of anilines is 1. The van der Waals surface area contributed by atoms with Crippen LogP contribution in [0.5, 0.6) is 5.75 Å². The summed E-state index contributed by atoms with van der Waals surface area (Å²) < 4.78 is 5.54. The molecule has 0 atom stereocenters. The molecule has 0 aromatic heterocycles. The fourth-order valence-corrected chi connectivity index (χ4v) is 2.04. The summed E-state index contributed by atoms with van der Waals surface area (Å²) in [7, 11) is 0. The minimum absolute atomic E-state index is 0.0964. The molecular weight excluding hydrogens is 317 g/mol. The molecule has 0 aliphatic carbocycles. The first-order chi connectivity index (χ1) is 10.0. The van der Waals surface area contributed by atoms with Gasteiger partial charge in [-0.25, -0.2) is 0 Å². The molecule has 0 saturated carbocycles. The van der Waals surface area contributed by atoms with E-state index in [4.69, 9.17) is 33.8 Å². The van der Waals surface area contributed by atoms with Gasteiger partial charge in [0.05, 0.1) is 15.0 Å². The maximum atomic E-state index is 10.9. The maximum absolute atomic E-state index is 10.9. The Morgan fingerprint density at radius 2 is 2.00 bits per heavy atom. The summed E-state index contributed by atoms with van der Waals surface area (Å²) in [5.41, 5.74) is 2.98. The van der Waals surface area contributed by atoms with Gasteiger partial charge in [-0.15, -0.1) is 0 Å². The molecule has 2 aromatic rings. The van der Waals surface area contributed by atoms with Crippen molar-refractivity contribution in [2.75, 3.05) is 5.43 Å². The SMILES string of the molecule is NNc1c(COc2ccc(Cl)c(Cl)c2)cccc1[N+](=O)[O-]. The van der Waals surface area contributed by atoms with Crippen LogP contribution in [0.1, 0.15) is 5.56 Å². The van der Waals surface area contributed by atoms with Crippen molar-refractivity contribution in [1.82, 2.24) is 0 Å². The molecule has 0 saturated heterocycles. The van der Waals surface area contributed by atoms with E-state index in [2.05, 4.69) is 5.43 Å². The van der Waals surface area contributed by atoms with Gasteiger partial charge in [0.2, 0.25) is 0 Å². The van der Waals surface area contributed by atoms with E-state index in [0.29, 0.717) is 21.4 Å². The molecule has 0 amide bonds. The fourth-order valence-electron chi connectivity index (χ4n) is 1.75. The van der Waals surface area contributed by atoms with E-state index in [1.165, 1.54) is 6.07 Å². The van der Waals surface area contributed by atoms with E-state index in [9.17, 15) is 10.1 Å². The second-order valence-corrected chi connectivity index (χ2v) is 4.89. The van der Waals surface area contributed by atoms with Gasteiger partial charge in [0.25, 0.3) is 5.69 Å². The van der Waals surface area contributed by atoms with Gasteiger partial charge in [-0.1, -0.05) is 35.3 Å². The van der Waals surface area contributed by atoms with E-state index in [1.807, 2.05) is 0 Å². The van der Waals surface area contributed by atoms with Crippen molar-refractivity contribution in [1.29, 1.82) is 0 Å². The van der Waals surface area contributed by atoms with Gasteiger partial charge in [0.15, 0.2) is 0 Å². The minimum atomic E-state index is -0.516. The predicted molar refractivity (Wildman–Crippen MR) is 81.7 cm³/mol. The van der Waals surface area contributed by atoms with Gasteiger partial charge >= 0.3 is 0 Å². The minimum Gasteiger partial charge on any atom is -0.489 e. The van der Waals surface area contributed by atoms with Crippen LogP contribution in [0, 0.1) is 10.1 Å². The number of nitrogen functional groups attached to an aromatic ring is 1. The number of para-hydroxylation sites is 1. The lowest BCUT2D eigenvalue weighted by Crippen LogP contribution is -2.12. The summed E-state index contributed by atoms with van der Waals surface area (Å²) in [6.07, 6.45) is 0. The highest BCUT2D eigenvalue weighted by Crippen LogP contribution is 2.30. The van der Waals surface area contributed by atoms with Crippen LogP contribution in [0.15, 0.2) is 36.4 Å². The van der Waals surface area contributed by atoms with Crippen LogP contribution >= 0.6 is 23.2 Å². The molecule has 110 valence electrons.